The van der Waals surface area contributed by atoms with Gasteiger partial charge in [0.2, 0.25) is 0 Å². The van der Waals surface area contributed by atoms with Crippen molar-refractivity contribution >= 4 is 47.0 Å². The Bertz CT molecular complexity index is 424. The van der Waals surface area contributed by atoms with Crippen LogP contribution in [0.5, 0.6) is 0 Å². The molecular weight excluding hydrogens is 344 g/mol. The molecule has 0 aliphatic carbocycles. The average Bonchev–Trinajstić information content (AvgIpc) is 2.53. The predicted octanol–water partition coefficient (Wildman–Crippen LogP) is 3.73. The van der Waals surface area contributed by atoms with Crippen LogP contribution < -0.4 is 0 Å². The van der Waals surface area contributed by atoms with Crippen molar-refractivity contribution < 1.29 is 0 Å². The summed E-state index contributed by atoms with van der Waals surface area (Å²) in [4.78, 5) is 0. The number of rotatable bonds is 0. The minimum Gasteiger partial charge on any atom is -0.149 e. The van der Waals surface area contributed by atoms with E-state index in [9.17, 15) is 0 Å². The molecule has 0 saturated heterocycles. The largest absolute Gasteiger partial charge is 0.149 e. The molecule has 0 unspecified atom stereocenters. The molecule has 0 atom stereocenters. The molecule has 1 heterocycles. The molecule has 1 rings (SSSR count). The van der Waals surface area contributed by atoms with Crippen molar-refractivity contribution in [3.8, 4) is 47.4 Å². The summed E-state index contributed by atoms with van der Waals surface area (Å²) in [5.41, 5.74) is 0. The highest BCUT2D eigenvalue weighted by Gasteiger charge is 1.90. The van der Waals surface area contributed by atoms with Gasteiger partial charge in [-0.05, 0) is 59.5 Å². The van der Waals surface area contributed by atoms with Crippen LogP contribution in [0.15, 0.2) is 0 Å². The quantitative estimate of drug-likeness (QED) is 0.601. The van der Waals surface area contributed by atoms with Crippen molar-refractivity contribution in [2.24, 2.45) is 0 Å². The van der Waals surface area contributed by atoms with E-state index in [4.69, 9.17) is 0 Å². The fraction of sp³-hybridized carbons (Fsp3) is 0.556. The van der Waals surface area contributed by atoms with E-state index in [1.807, 2.05) is 47.0 Å². The van der Waals surface area contributed by atoms with Crippen molar-refractivity contribution in [1.29, 1.82) is 0 Å². The van der Waals surface area contributed by atoms with Crippen LogP contribution in [0.1, 0.15) is 12.8 Å². The molecule has 0 bridgehead atoms. The van der Waals surface area contributed by atoms with E-state index in [1.165, 1.54) is 12.8 Å². The van der Waals surface area contributed by atoms with Crippen LogP contribution >= 0.6 is 47.0 Å². The molecule has 0 fully saturated rings. The lowest BCUT2D eigenvalue weighted by molar-refractivity contribution is 1.13. The van der Waals surface area contributed by atoms with Gasteiger partial charge in [0.25, 0.3) is 0 Å². The fourth-order valence-electron chi connectivity index (χ4n) is 1.34. The van der Waals surface area contributed by atoms with E-state index in [0.29, 0.717) is 0 Å². The maximum absolute atomic E-state index is 3.11. The lowest BCUT2D eigenvalue weighted by atomic mass is 10.6. The molecule has 1 aliphatic rings. The van der Waals surface area contributed by atoms with Crippen LogP contribution in [0, 0.1) is 47.4 Å². The van der Waals surface area contributed by atoms with Gasteiger partial charge in [-0.25, -0.2) is 0 Å². The maximum atomic E-state index is 3.11. The van der Waals surface area contributed by atoms with E-state index < -0.39 is 0 Å². The lowest BCUT2D eigenvalue weighted by Gasteiger charge is -1.96. The van der Waals surface area contributed by atoms with Crippen LogP contribution in [0.25, 0.3) is 0 Å². The molecule has 0 aromatic rings. The summed E-state index contributed by atoms with van der Waals surface area (Å²) in [6, 6.07) is 0. The molecule has 0 radical (unpaired) electrons. The van der Waals surface area contributed by atoms with Crippen molar-refractivity contribution in [1.82, 2.24) is 0 Å². The molecule has 0 saturated carbocycles. The Morgan fingerprint density at radius 3 is 0.955 bits per heavy atom. The standard InChI is InChI=1S/C18H20S4/c1-2-6-12-20-16-10-18-22-14-8-4-3-7-13-21-17-9-15-19-11-5-1/h9-18H2. The summed E-state index contributed by atoms with van der Waals surface area (Å²) < 4.78 is 0. The van der Waals surface area contributed by atoms with Crippen molar-refractivity contribution in [3.63, 3.8) is 0 Å². The SMILES string of the molecule is C1#CCSCCCSCC#CC#CCSCCCSCC#C1. The molecule has 1 aliphatic heterocycles. The van der Waals surface area contributed by atoms with Crippen LogP contribution in [0.4, 0.5) is 0 Å². The number of thioether (sulfide) groups is 4. The Morgan fingerprint density at radius 1 is 0.409 bits per heavy atom. The highest BCUT2D eigenvalue weighted by Crippen LogP contribution is 2.08. The minimum atomic E-state index is 0.888. The minimum absolute atomic E-state index is 0.888. The molecule has 4 heteroatoms. The Kier molecular flexibility index (Phi) is 15.2. The summed E-state index contributed by atoms with van der Waals surface area (Å²) >= 11 is 7.55. The first-order valence-electron chi connectivity index (χ1n) is 7.22. The van der Waals surface area contributed by atoms with Crippen molar-refractivity contribution in [3.05, 3.63) is 0 Å². The highest BCUT2D eigenvalue weighted by atomic mass is 32.2. The molecule has 0 nitrogen and oxygen atoms in total. The van der Waals surface area contributed by atoms with Gasteiger partial charge in [0.1, 0.15) is 0 Å². The molecule has 0 aromatic carbocycles. The molecule has 0 aromatic heterocycles. The van der Waals surface area contributed by atoms with Crippen LogP contribution in [-0.4, -0.2) is 46.0 Å². The molecule has 116 valence electrons. The van der Waals surface area contributed by atoms with E-state index in [0.717, 1.165) is 46.0 Å². The zero-order chi connectivity index (χ0) is 15.6. The van der Waals surface area contributed by atoms with Crippen LogP contribution in [0.3, 0.4) is 0 Å². The number of hydrogen-bond donors (Lipinski definition) is 0. The molecule has 0 N–H and O–H groups in total. The summed E-state index contributed by atoms with van der Waals surface area (Å²) in [6.07, 6.45) is 2.42. The Morgan fingerprint density at radius 2 is 0.682 bits per heavy atom. The predicted molar refractivity (Wildman–Crippen MR) is 110 cm³/mol. The second-order valence-electron chi connectivity index (χ2n) is 4.12. The van der Waals surface area contributed by atoms with Gasteiger partial charge in [0.15, 0.2) is 0 Å². The zero-order valence-corrected chi connectivity index (χ0v) is 16.0. The smallest absolute Gasteiger partial charge is 0.0557 e. The Hall–Kier alpha value is -0.360. The van der Waals surface area contributed by atoms with Gasteiger partial charge in [0.05, 0.1) is 23.0 Å². The summed E-state index contributed by atoms with van der Waals surface area (Å²) in [6.45, 7) is 0. The average molecular weight is 365 g/mol. The highest BCUT2D eigenvalue weighted by molar-refractivity contribution is 8.00. The van der Waals surface area contributed by atoms with Crippen molar-refractivity contribution in [2.75, 3.05) is 46.0 Å². The van der Waals surface area contributed by atoms with Gasteiger partial charge in [-0.15, -0.1) is 47.0 Å². The van der Waals surface area contributed by atoms with E-state index >= 15 is 0 Å². The second kappa shape index (κ2) is 17.0. The topological polar surface area (TPSA) is 0 Å². The lowest BCUT2D eigenvalue weighted by Crippen LogP contribution is -1.86. The zero-order valence-electron chi connectivity index (χ0n) is 12.7. The van der Waals surface area contributed by atoms with Gasteiger partial charge >= 0.3 is 0 Å². The first kappa shape index (κ1) is 19.7. The Labute approximate surface area is 152 Å². The summed E-state index contributed by atoms with van der Waals surface area (Å²) in [5.74, 6) is 32.4. The molecule has 0 spiro atoms. The third-order valence-corrected chi connectivity index (χ3v) is 6.03. The monoisotopic (exact) mass is 364 g/mol. The van der Waals surface area contributed by atoms with Crippen molar-refractivity contribution in [2.45, 2.75) is 12.8 Å². The van der Waals surface area contributed by atoms with Gasteiger partial charge < -0.3 is 0 Å². The summed E-state index contributed by atoms with van der Waals surface area (Å²) in [5, 5.41) is 0. The van der Waals surface area contributed by atoms with Crippen LogP contribution in [-0.2, 0) is 0 Å². The van der Waals surface area contributed by atoms with Crippen LogP contribution in [0.2, 0.25) is 0 Å². The third kappa shape index (κ3) is 14.6. The fourth-order valence-corrected chi connectivity index (χ4v) is 4.37. The first-order valence-corrected chi connectivity index (χ1v) is 11.8. The van der Waals surface area contributed by atoms with Gasteiger partial charge in [-0.1, -0.05) is 23.7 Å². The third-order valence-electron chi connectivity index (χ3n) is 2.33. The van der Waals surface area contributed by atoms with Gasteiger partial charge in [0, 0.05) is 0 Å². The molecule has 22 heavy (non-hydrogen) atoms. The van der Waals surface area contributed by atoms with Gasteiger partial charge in [-0.3, -0.25) is 0 Å². The first-order chi connectivity index (χ1) is 11.0. The van der Waals surface area contributed by atoms with E-state index in [2.05, 4.69) is 47.4 Å². The van der Waals surface area contributed by atoms with E-state index in [1.54, 1.807) is 0 Å². The Balaban J connectivity index is 2.28. The molecular formula is C18H20S4. The molecule has 0 amide bonds. The van der Waals surface area contributed by atoms with Gasteiger partial charge in [-0.2, -0.15) is 0 Å². The second-order valence-corrected chi connectivity index (χ2v) is 8.55. The number of hydrogen-bond acceptors (Lipinski definition) is 4. The summed E-state index contributed by atoms with van der Waals surface area (Å²) in [7, 11) is 0. The normalized spacial score (nSPS) is 18.2. The van der Waals surface area contributed by atoms with E-state index in [-0.39, 0.29) is 0 Å². The maximum Gasteiger partial charge on any atom is 0.0557 e.